The van der Waals surface area contributed by atoms with Gasteiger partial charge in [0.1, 0.15) is 0 Å². The van der Waals surface area contributed by atoms with E-state index in [2.05, 4.69) is 11.9 Å². The molecule has 1 rings (SSSR count). The summed E-state index contributed by atoms with van der Waals surface area (Å²) in [7, 11) is 0. The largest absolute Gasteiger partial charge is 0.465 e. The number of thioether (sulfide) groups is 1. The van der Waals surface area contributed by atoms with Crippen LogP contribution in [-0.2, 0) is 9.53 Å². The zero-order valence-electron chi connectivity index (χ0n) is 9.73. The number of aromatic nitrogens is 1. The molecule has 0 amide bonds. The highest BCUT2D eigenvalue weighted by atomic mass is 32.2. The highest BCUT2D eigenvalue weighted by Crippen LogP contribution is 2.15. The highest BCUT2D eigenvalue weighted by Gasteiger charge is 2.04. The molecule has 0 aliphatic heterocycles. The van der Waals surface area contributed by atoms with Gasteiger partial charge in [0.05, 0.1) is 17.4 Å². The van der Waals surface area contributed by atoms with Gasteiger partial charge in [-0.25, -0.2) is 4.98 Å². The summed E-state index contributed by atoms with van der Waals surface area (Å²) < 4.78 is 5.04. The van der Waals surface area contributed by atoms with Crippen molar-refractivity contribution in [3.63, 3.8) is 0 Å². The van der Waals surface area contributed by atoms with Crippen molar-refractivity contribution in [1.82, 2.24) is 4.98 Å². The van der Waals surface area contributed by atoms with Gasteiger partial charge in [-0.05, 0) is 25.0 Å². The quantitative estimate of drug-likeness (QED) is 0.435. The second kappa shape index (κ2) is 7.28. The molecule has 0 saturated heterocycles. The van der Waals surface area contributed by atoms with Gasteiger partial charge in [-0.2, -0.15) is 0 Å². The van der Waals surface area contributed by atoms with Gasteiger partial charge in [-0.1, -0.05) is 31.2 Å². The van der Waals surface area contributed by atoms with Gasteiger partial charge < -0.3 is 4.74 Å². The van der Waals surface area contributed by atoms with E-state index in [0.717, 1.165) is 23.4 Å². The van der Waals surface area contributed by atoms with Crippen LogP contribution in [0.1, 0.15) is 25.3 Å². The first-order valence-electron chi connectivity index (χ1n) is 5.43. The van der Waals surface area contributed by atoms with E-state index in [1.54, 1.807) is 6.20 Å². The van der Waals surface area contributed by atoms with E-state index in [4.69, 9.17) is 4.74 Å². The van der Waals surface area contributed by atoms with Crippen molar-refractivity contribution in [2.24, 2.45) is 0 Å². The summed E-state index contributed by atoms with van der Waals surface area (Å²) in [4.78, 5) is 15.5. The van der Waals surface area contributed by atoms with Crippen LogP contribution in [0.15, 0.2) is 23.4 Å². The maximum absolute atomic E-state index is 11.3. The molecular formula is C12H17NO2S. The fourth-order valence-electron chi connectivity index (χ4n) is 1.04. The first-order chi connectivity index (χ1) is 7.72. The molecule has 0 radical (unpaired) electrons. The van der Waals surface area contributed by atoms with Crippen LogP contribution in [-0.4, -0.2) is 23.3 Å². The summed E-state index contributed by atoms with van der Waals surface area (Å²) in [6, 6.07) is 3.90. The van der Waals surface area contributed by atoms with Crippen molar-refractivity contribution in [2.75, 3.05) is 12.4 Å². The maximum atomic E-state index is 11.3. The summed E-state index contributed by atoms with van der Waals surface area (Å²) in [5.41, 5.74) is 1.12. The number of unbranched alkanes of at least 4 members (excludes halogenated alkanes) is 1. The summed E-state index contributed by atoms with van der Waals surface area (Å²) in [6.45, 7) is 4.58. The Morgan fingerprint density at radius 1 is 1.50 bits per heavy atom. The Bertz CT molecular complexity index is 324. The van der Waals surface area contributed by atoms with Crippen molar-refractivity contribution >= 4 is 17.7 Å². The lowest BCUT2D eigenvalue weighted by Gasteiger charge is -2.03. The molecule has 16 heavy (non-hydrogen) atoms. The van der Waals surface area contributed by atoms with Gasteiger partial charge in [0.2, 0.25) is 0 Å². The number of esters is 1. The molecular weight excluding hydrogens is 222 g/mol. The van der Waals surface area contributed by atoms with Crippen molar-refractivity contribution in [3.05, 3.63) is 23.9 Å². The molecule has 3 nitrogen and oxygen atoms in total. The minimum Gasteiger partial charge on any atom is -0.465 e. The Hall–Kier alpha value is -1.03. The number of nitrogens with zero attached hydrogens (tertiary/aromatic N) is 1. The first kappa shape index (κ1) is 13.0. The second-order valence-electron chi connectivity index (χ2n) is 3.54. The predicted molar refractivity (Wildman–Crippen MR) is 65.6 cm³/mol. The molecule has 0 fully saturated rings. The van der Waals surface area contributed by atoms with E-state index in [-0.39, 0.29) is 5.97 Å². The standard InChI is InChI=1S/C12H17NO2S/c1-3-4-7-15-12(14)9-16-11-6-5-10(2)8-13-11/h5-6,8H,3-4,7,9H2,1-2H3. The second-order valence-corrected chi connectivity index (χ2v) is 4.53. The van der Waals surface area contributed by atoms with E-state index < -0.39 is 0 Å². The van der Waals surface area contributed by atoms with Gasteiger partial charge in [0.15, 0.2) is 0 Å². The Labute approximate surface area is 101 Å². The molecule has 0 atom stereocenters. The minimum atomic E-state index is -0.166. The number of hydrogen-bond acceptors (Lipinski definition) is 4. The molecule has 0 aliphatic carbocycles. The summed E-state index contributed by atoms with van der Waals surface area (Å²) in [5, 5.41) is 0.859. The van der Waals surface area contributed by atoms with Gasteiger partial charge in [-0.15, -0.1) is 0 Å². The molecule has 0 aliphatic rings. The number of aryl methyl sites for hydroxylation is 1. The first-order valence-corrected chi connectivity index (χ1v) is 6.42. The number of hydrogen-bond donors (Lipinski definition) is 0. The Kier molecular flexibility index (Phi) is 5.93. The molecule has 4 heteroatoms. The molecule has 0 N–H and O–H groups in total. The monoisotopic (exact) mass is 239 g/mol. The van der Waals surface area contributed by atoms with Crippen molar-refractivity contribution < 1.29 is 9.53 Å². The molecule has 0 unspecified atom stereocenters. The molecule has 0 saturated carbocycles. The van der Waals surface area contributed by atoms with Crippen LogP contribution in [0.3, 0.4) is 0 Å². The third kappa shape index (κ3) is 5.16. The topological polar surface area (TPSA) is 39.2 Å². The van der Waals surface area contributed by atoms with Crippen LogP contribution in [0.2, 0.25) is 0 Å². The molecule has 1 aromatic rings. The predicted octanol–water partition coefficient (Wildman–Crippen LogP) is 2.83. The summed E-state index contributed by atoms with van der Waals surface area (Å²) >= 11 is 1.41. The van der Waals surface area contributed by atoms with Crippen LogP contribution < -0.4 is 0 Å². The van der Waals surface area contributed by atoms with Gasteiger partial charge >= 0.3 is 5.97 Å². The molecule has 0 aromatic carbocycles. The Morgan fingerprint density at radius 2 is 2.31 bits per heavy atom. The highest BCUT2D eigenvalue weighted by molar-refractivity contribution is 7.99. The maximum Gasteiger partial charge on any atom is 0.316 e. The normalized spacial score (nSPS) is 10.1. The van der Waals surface area contributed by atoms with Gasteiger partial charge in [0.25, 0.3) is 0 Å². The SMILES string of the molecule is CCCCOC(=O)CSc1ccc(C)cn1. The summed E-state index contributed by atoms with van der Waals surface area (Å²) in [5.74, 6) is 0.167. The van der Waals surface area contributed by atoms with Crippen LogP contribution in [0.4, 0.5) is 0 Å². The lowest BCUT2D eigenvalue weighted by molar-refractivity contribution is -0.140. The molecule has 0 spiro atoms. The average Bonchev–Trinajstić information content (AvgIpc) is 2.29. The van der Waals surface area contributed by atoms with Crippen molar-refractivity contribution in [2.45, 2.75) is 31.7 Å². The third-order valence-corrected chi connectivity index (χ3v) is 2.90. The summed E-state index contributed by atoms with van der Waals surface area (Å²) in [6.07, 6.45) is 3.77. The molecule has 88 valence electrons. The van der Waals surface area contributed by atoms with Gasteiger partial charge in [-0.3, -0.25) is 4.79 Å². The lowest BCUT2D eigenvalue weighted by Crippen LogP contribution is -2.08. The number of carbonyl (C=O) groups is 1. The van der Waals surface area contributed by atoms with Crippen molar-refractivity contribution in [1.29, 1.82) is 0 Å². The fourth-order valence-corrected chi connectivity index (χ4v) is 1.69. The van der Waals surface area contributed by atoms with E-state index in [9.17, 15) is 4.79 Å². The zero-order valence-corrected chi connectivity index (χ0v) is 10.5. The fraction of sp³-hybridized carbons (Fsp3) is 0.500. The van der Waals surface area contributed by atoms with Crippen LogP contribution in [0.5, 0.6) is 0 Å². The zero-order chi connectivity index (χ0) is 11.8. The molecule has 1 heterocycles. The lowest BCUT2D eigenvalue weighted by atomic mass is 10.3. The number of carbonyl (C=O) groups excluding carboxylic acids is 1. The third-order valence-electron chi connectivity index (χ3n) is 1.98. The minimum absolute atomic E-state index is 0.166. The van der Waals surface area contributed by atoms with Crippen LogP contribution in [0, 0.1) is 6.92 Å². The smallest absolute Gasteiger partial charge is 0.316 e. The molecule has 0 bridgehead atoms. The van der Waals surface area contributed by atoms with E-state index in [1.165, 1.54) is 11.8 Å². The van der Waals surface area contributed by atoms with Crippen molar-refractivity contribution in [3.8, 4) is 0 Å². The Balaban J connectivity index is 2.23. The molecule has 1 aromatic heterocycles. The van der Waals surface area contributed by atoms with Crippen LogP contribution in [0.25, 0.3) is 0 Å². The van der Waals surface area contributed by atoms with E-state index in [1.807, 2.05) is 19.1 Å². The van der Waals surface area contributed by atoms with E-state index in [0.29, 0.717) is 12.4 Å². The van der Waals surface area contributed by atoms with Crippen LogP contribution >= 0.6 is 11.8 Å². The van der Waals surface area contributed by atoms with E-state index >= 15 is 0 Å². The number of pyridine rings is 1. The van der Waals surface area contributed by atoms with Gasteiger partial charge in [0, 0.05) is 6.20 Å². The Morgan fingerprint density at radius 3 is 2.94 bits per heavy atom. The average molecular weight is 239 g/mol. The number of rotatable bonds is 6. The number of ether oxygens (including phenoxy) is 1.